The first kappa shape index (κ1) is 22.7. The van der Waals surface area contributed by atoms with E-state index in [0.717, 1.165) is 41.4 Å². The normalized spacial score (nSPS) is 14.5. The number of hydrogen-bond acceptors (Lipinski definition) is 6. The predicted molar refractivity (Wildman–Crippen MR) is 126 cm³/mol. The minimum absolute atomic E-state index is 0.210. The molecule has 2 aromatic rings. The number of hydrogen-bond donors (Lipinski definition) is 4. The molecule has 0 radical (unpaired) electrons. The second kappa shape index (κ2) is 11.4. The van der Waals surface area contributed by atoms with Crippen LogP contribution in [0, 0.1) is 0 Å². The summed E-state index contributed by atoms with van der Waals surface area (Å²) in [5.74, 6) is -0.210. The van der Waals surface area contributed by atoms with Crippen LogP contribution in [0.25, 0.3) is 0 Å². The van der Waals surface area contributed by atoms with Crippen LogP contribution in [0.4, 0.5) is 11.4 Å². The molecule has 2 aromatic carbocycles. The number of carbonyl (C=O) groups excluding carboxylic acids is 2. The second-order valence-corrected chi connectivity index (χ2v) is 9.89. The molecule has 1 heterocycles. The van der Waals surface area contributed by atoms with E-state index in [0.29, 0.717) is 29.0 Å². The predicted octanol–water partition coefficient (Wildman–Crippen LogP) is 4.36. The highest BCUT2D eigenvalue weighted by molar-refractivity contribution is 8.00. The second-order valence-electron chi connectivity index (χ2n) is 7.36. The van der Waals surface area contributed by atoms with Gasteiger partial charge in [0.25, 0.3) is 5.91 Å². The largest absolute Gasteiger partial charge is 0.328 e. The van der Waals surface area contributed by atoms with Crippen molar-refractivity contribution in [3.8, 4) is 0 Å². The number of piperidine rings is 1. The first-order valence-electron chi connectivity index (χ1n) is 10.1. The quantitative estimate of drug-likeness (QED) is 0.261. The number of nitrogens with one attached hydrogen (secondary N) is 4. The fourth-order valence-corrected chi connectivity index (χ4v) is 4.81. The number of thioether (sulfide) groups is 1. The molecule has 0 aromatic heterocycles. The maximum absolute atomic E-state index is 12.7. The van der Waals surface area contributed by atoms with E-state index < -0.39 is 0 Å². The summed E-state index contributed by atoms with van der Waals surface area (Å²) in [6, 6.07) is 13.7. The van der Waals surface area contributed by atoms with Crippen LogP contribution in [0.15, 0.2) is 52.3 Å². The first-order valence-corrected chi connectivity index (χ1v) is 11.8. The van der Waals surface area contributed by atoms with Crippen LogP contribution in [-0.4, -0.2) is 36.7 Å². The lowest BCUT2D eigenvalue weighted by Gasteiger charge is -2.23. The zero-order valence-corrected chi connectivity index (χ0v) is 18.9. The number of carbonyl (C=O) groups is 2. The van der Waals surface area contributed by atoms with Crippen LogP contribution in [-0.2, 0) is 4.79 Å². The molecule has 8 heteroatoms. The lowest BCUT2D eigenvalue weighted by Crippen LogP contribution is -2.37. The van der Waals surface area contributed by atoms with Crippen LogP contribution in [0.2, 0.25) is 0 Å². The van der Waals surface area contributed by atoms with Gasteiger partial charge in [-0.05, 0) is 80.3 Å². The Kier molecular flexibility index (Phi) is 8.62. The molecule has 0 aliphatic carbocycles. The van der Waals surface area contributed by atoms with Gasteiger partial charge in [-0.15, -0.1) is 11.8 Å². The number of benzene rings is 2. The fourth-order valence-electron chi connectivity index (χ4n) is 3.10. The van der Waals surface area contributed by atoms with Crippen molar-refractivity contribution in [2.24, 2.45) is 0 Å². The van der Waals surface area contributed by atoms with Gasteiger partial charge in [0.2, 0.25) is 6.41 Å². The van der Waals surface area contributed by atoms with Crippen LogP contribution in [0.1, 0.15) is 37.0 Å². The van der Waals surface area contributed by atoms with Gasteiger partial charge in [0.15, 0.2) is 0 Å². The van der Waals surface area contributed by atoms with Gasteiger partial charge < -0.3 is 16.0 Å². The maximum Gasteiger partial charge on any atom is 0.255 e. The number of anilines is 2. The Bertz CT molecular complexity index is 853. The molecule has 0 bridgehead atoms. The van der Waals surface area contributed by atoms with E-state index in [-0.39, 0.29) is 5.91 Å². The summed E-state index contributed by atoms with van der Waals surface area (Å²) < 4.78 is 3.51. The first-order chi connectivity index (χ1) is 14.5. The van der Waals surface area contributed by atoms with Crippen LogP contribution < -0.4 is 20.7 Å². The van der Waals surface area contributed by atoms with Gasteiger partial charge in [0, 0.05) is 32.3 Å². The molecule has 1 saturated heterocycles. The van der Waals surface area contributed by atoms with Crippen LogP contribution in [0.3, 0.4) is 0 Å². The summed E-state index contributed by atoms with van der Waals surface area (Å²) in [6.45, 7) is 6.29. The Morgan fingerprint density at radius 2 is 1.87 bits per heavy atom. The Labute approximate surface area is 186 Å². The Morgan fingerprint density at radius 3 is 2.53 bits per heavy atom. The molecule has 1 fully saturated rings. The summed E-state index contributed by atoms with van der Waals surface area (Å²) in [4.78, 5) is 25.7. The number of amides is 2. The lowest BCUT2D eigenvalue weighted by molar-refractivity contribution is -0.105. The van der Waals surface area contributed by atoms with Gasteiger partial charge >= 0.3 is 0 Å². The van der Waals surface area contributed by atoms with Gasteiger partial charge in [-0.25, -0.2) is 0 Å². The topological polar surface area (TPSA) is 82.3 Å². The van der Waals surface area contributed by atoms with Gasteiger partial charge in [0.1, 0.15) is 0 Å². The van der Waals surface area contributed by atoms with Crippen molar-refractivity contribution in [3.63, 3.8) is 0 Å². The van der Waals surface area contributed by atoms with E-state index in [9.17, 15) is 9.59 Å². The van der Waals surface area contributed by atoms with Gasteiger partial charge in [-0.2, -0.15) is 0 Å². The summed E-state index contributed by atoms with van der Waals surface area (Å²) >= 11 is 3.27. The van der Waals surface area contributed by atoms with E-state index >= 15 is 0 Å². The minimum Gasteiger partial charge on any atom is -0.328 e. The molecule has 0 saturated carbocycles. The zero-order valence-electron chi connectivity index (χ0n) is 17.2. The van der Waals surface area contributed by atoms with E-state index in [1.54, 1.807) is 35.8 Å². The van der Waals surface area contributed by atoms with Gasteiger partial charge in [-0.1, -0.05) is 13.8 Å². The fraction of sp³-hybridized carbons (Fsp3) is 0.364. The molecule has 0 spiro atoms. The molecule has 1 aliphatic heterocycles. The minimum atomic E-state index is -0.210. The Balaban J connectivity index is 1.59. The van der Waals surface area contributed by atoms with Crippen molar-refractivity contribution in [1.82, 2.24) is 10.0 Å². The van der Waals surface area contributed by atoms with Gasteiger partial charge in [-0.3, -0.25) is 14.3 Å². The summed E-state index contributed by atoms with van der Waals surface area (Å²) in [7, 11) is 0. The zero-order chi connectivity index (χ0) is 21.3. The molecule has 30 heavy (non-hydrogen) atoms. The Hall–Kier alpha value is -2.00. The summed E-state index contributed by atoms with van der Waals surface area (Å²) in [6.07, 6.45) is 2.91. The monoisotopic (exact) mass is 444 g/mol. The van der Waals surface area contributed by atoms with Crippen molar-refractivity contribution in [1.29, 1.82) is 0 Å². The molecule has 160 valence electrons. The molecule has 6 nitrogen and oxygen atoms in total. The highest BCUT2D eigenvalue weighted by Gasteiger charge is 2.13. The third kappa shape index (κ3) is 6.77. The highest BCUT2D eigenvalue weighted by atomic mass is 32.2. The smallest absolute Gasteiger partial charge is 0.255 e. The van der Waals surface area contributed by atoms with Crippen molar-refractivity contribution in [3.05, 3.63) is 48.0 Å². The SMILES string of the molecule is CC(C)Sc1ccc(C(=O)Nc2ccc(SNC3CCNCC3)cc2)cc1NC=O. The Morgan fingerprint density at radius 1 is 1.13 bits per heavy atom. The van der Waals surface area contributed by atoms with E-state index in [2.05, 4.69) is 34.5 Å². The third-order valence-electron chi connectivity index (χ3n) is 4.61. The van der Waals surface area contributed by atoms with Crippen LogP contribution in [0.5, 0.6) is 0 Å². The maximum atomic E-state index is 12.7. The highest BCUT2D eigenvalue weighted by Crippen LogP contribution is 2.31. The standard InChI is InChI=1S/C22H28N4O2S2/c1-15(2)29-21-8-3-16(13-20(21)24-14-27)22(28)25-17-4-6-19(7-5-17)30-26-18-9-11-23-12-10-18/h3-8,13-15,18,23,26H,9-12H2,1-2H3,(H,24,27)(H,25,28). The van der Waals surface area contributed by atoms with Crippen molar-refractivity contribution in [2.75, 3.05) is 23.7 Å². The van der Waals surface area contributed by atoms with E-state index in [4.69, 9.17) is 0 Å². The third-order valence-corrected chi connectivity index (χ3v) is 6.65. The average Bonchev–Trinajstić information content (AvgIpc) is 2.75. The molecular weight excluding hydrogens is 416 g/mol. The molecule has 2 amide bonds. The van der Waals surface area contributed by atoms with Crippen LogP contribution >= 0.6 is 23.7 Å². The molecule has 3 rings (SSSR count). The summed E-state index contributed by atoms with van der Waals surface area (Å²) in [5.41, 5.74) is 1.88. The molecule has 1 aliphatic rings. The van der Waals surface area contributed by atoms with Gasteiger partial charge in [0.05, 0.1) is 5.69 Å². The summed E-state index contributed by atoms with van der Waals surface area (Å²) in [5, 5.41) is 9.35. The average molecular weight is 445 g/mol. The lowest BCUT2D eigenvalue weighted by atomic mass is 10.1. The van der Waals surface area contributed by atoms with Crippen molar-refractivity contribution in [2.45, 2.75) is 47.8 Å². The van der Waals surface area contributed by atoms with E-state index in [1.165, 1.54) is 0 Å². The van der Waals surface area contributed by atoms with Crippen molar-refractivity contribution < 1.29 is 9.59 Å². The van der Waals surface area contributed by atoms with E-state index in [1.807, 2.05) is 30.3 Å². The number of rotatable bonds is 9. The molecule has 0 atom stereocenters. The van der Waals surface area contributed by atoms with Crippen molar-refractivity contribution >= 4 is 47.4 Å². The molecule has 4 N–H and O–H groups in total. The molecular formula is C22H28N4O2S2. The molecule has 0 unspecified atom stereocenters.